The van der Waals surface area contributed by atoms with Crippen LogP contribution >= 0.6 is 11.7 Å². The number of benzene rings is 1. The van der Waals surface area contributed by atoms with E-state index in [9.17, 15) is 8.78 Å². The summed E-state index contributed by atoms with van der Waals surface area (Å²) in [5.74, 6) is 5.69. The molecule has 0 saturated carbocycles. The molecule has 3 heterocycles. The van der Waals surface area contributed by atoms with Crippen molar-refractivity contribution in [2.75, 3.05) is 19.6 Å². The van der Waals surface area contributed by atoms with E-state index in [4.69, 9.17) is 9.47 Å². The Morgan fingerprint density at radius 1 is 1.14 bits per heavy atom. The standard InChI is InChI=1S/C20H21F2N3O2S/c1-12(2)17(4-3-13-7-15(21)9-16(22)8-13)26-19-20(24-28-23-19)27-18-11-25-6-5-14(18)10-25/h7-9,12,14,17-18H,5-6,10-11H2,1-2H3. The number of ether oxygens (including phenoxy) is 2. The van der Waals surface area contributed by atoms with E-state index in [0.717, 1.165) is 43.8 Å². The van der Waals surface area contributed by atoms with Gasteiger partial charge in [-0.3, -0.25) is 4.90 Å². The number of fused-ring (bicyclic) bond motifs is 2. The molecule has 4 unspecified atom stereocenters. The van der Waals surface area contributed by atoms with E-state index in [-0.39, 0.29) is 17.6 Å². The Morgan fingerprint density at radius 2 is 1.89 bits per heavy atom. The van der Waals surface area contributed by atoms with Gasteiger partial charge in [0.05, 0.1) is 11.7 Å². The molecule has 2 aliphatic heterocycles. The molecule has 1 aromatic carbocycles. The van der Waals surface area contributed by atoms with E-state index >= 15 is 0 Å². The Morgan fingerprint density at radius 3 is 2.54 bits per heavy atom. The summed E-state index contributed by atoms with van der Waals surface area (Å²) in [5.41, 5.74) is 0.260. The lowest BCUT2D eigenvalue weighted by atomic mass is 10.0. The molecule has 0 spiro atoms. The SMILES string of the molecule is CC(C)C(C#Cc1cc(F)cc(F)c1)Oc1nsnc1OC1CN2CCC1C2. The van der Waals surface area contributed by atoms with Gasteiger partial charge in [0.2, 0.25) is 0 Å². The van der Waals surface area contributed by atoms with Crippen LogP contribution < -0.4 is 9.47 Å². The largest absolute Gasteiger partial charge is 0.468 e. The van der Waals surface area contributed by atoms with Gasteiger partial charge >= 0.3 is 0 Å². The van der Waals surface area contributed by atoms with E-state index in [1.807, 2.05) is 13.8 Å². The van der Waals surface area contributed by atoms with Gasteiger partial charge in [0.15, 0.2) is 6.10 Å². The zero-order chi connectivity index (χ0) is 19.7. The van der Waals surface area contributed by atoms with Crippen LogP contribution in [0, 0.1) is 35.3 Å². The molecule has 2 fully saturated rings. The fourth-order valence-electron chi connectivity index (χ4n) is 3.56. The Balaban J connectivity index is 1.47. The van der Waals surface area contributed by atoms with Gasteiger partial charge in [-0.25, -0.2) is 8.78 Å². The summed E-state index contributed by atoms with van der Waals surface area (Å²) in [4.78, 5) is 2.39. The second-order valence-corrected chi connectivity index (χ2v) is 8.08. The molecule has 4 atom stereocenters. The van der Waals surface area contributed by atoms with Gasteiger partial charge in [-0.15, -0.1) is 8.75 Å². The third-order valence-corrected chi connectivity index (χ3v) is 5.53. The predicted molar refractivity (Wildman–Crippen MR) is 101 cm³/mol. The molecule has 2 aliphatic rings. The number of hydrogen-bond donors (Lipinski definition) is 0. The second-order valence-electron chi connectivity index (χ2n) is 7.55. The molecule has 148 valence electrons. The molecule has 2 aromatic rings. The minimum absolute atomic E-state index is 0.0362. The molecular weight excluding hydrogens is 384 g/mol. The van der Waals surface area contributed by atoms with Crippen molar-refractivity contribution in [2.45, 2.75) is 32.5 Å². The van der Waals surface area contributed by atoms with Crippen LogP contribution in [0.5, 0.6) is 11.8 Å². The van der Waals surface area contributed by atoms with E-state index in [2.05, 4.69) is 25.5 Å². The first-order chi connectivity index (χ1) is 13.5. The molecule has 0 radical (unpaired) electrons. The second kappa shape index (κ2) is 8.02. The lowest BCUT2D eigenvalue weighted by Crippen LogP contribution is -2.32. The Bertz CT molecular complexity index is 888. The van der Waals surface area contributed by atoms with Crippen LogP contribution in [-0.2, 0) is 0 Å². The fourth-order valence-corrected chi connectivity index (χ4v) is 3.99. The lowest BCUT2D eigenvalue weighted by molar-refractivity contribution is 0.122. The highest BCUT2D eigenvalue weighted by molar-refractivity contribution is 6.99. The molecule has 2 bridgehead atoms. The summed E-state index contributed by atoms with van der Waals surface area (Å²) >= 11 is 1.03. The van der Waals surface area contributed by atoms with Gasteiger partial charge in [-0.05, 0) is 25.1 Å². The first kappa shape index (κ1) is 19.1. The smallest absolute Gasteiger partial charge is 0.292 e. The van der Waals surface area contributed by atoms with Crippen molar-refractivity contribution in [3.8, 4) is 23.6 Å². The molecule has 5 nitrogen and oxygen atoms in total. The first-order valence-corrected chi connectivity index (χ1v) is 10.1. The Hall–Kier alpha value is -2.24. The average Bonchev–Trinajstić information content (AvgIpc) is 3.35. The Kier molecular flexibility index (Phi) is 5.47. The quantitative estimate of drug-likeness (QED) is 0.714. The fraction of sp³-hybridized carbons (Fsp3) is 0.500. The number of piperidine rings is 1. The summed E-state index contributed by atoms with van der Waals surface area (Å²) in [6, 6.07) is 3.20. The van der Waals surface area contributed by atoms with Crippen molar-refractivity contribution in [1.29, 1.82) is 0 Å². The van der Waals surface area contributed by atoms with Crippen LogP contribution in [0.2, 0.25) is 0 Å². The molecule has 1 aromatic heterocycles. The van der Waals surface area contributed by atoms with Crippen molar-refractivity contribution >= 4 is 11.7 Å². The zero-order valence-electron chi connectivity index (χ0n) is 15.7. The number of rotatable bonds is 5. The summed E-state index contributed by atoms with van der Waals surface area (Å²) in [6.07, 6.45) is 0.739. The maximum Gasteiger partial charge on any atom is 0.292 e. The molecular formula is C20H21F2N3O2S. The molecule has 0 N–H and O–H groups in total. The monoisotopic (exact) mass is 405 g/mol. The maximum absolute atomic E-state index is 13.4. The van der Waals surface area contributed by atoms with Gasteiger partial charge in [-0.1, -0.05) is 25.7 Å². The van der Waals surface area contributed by atoms with Crippen molar-refractivity contribution in [3.63, 3.8) is 0 Å². The minimum Gasteiger partial charge on any atom is -0.468 e. The molecule has 0 aliphatic carbocycles. The normalized spacial score (nSPS) is 24.1. The molecule has 28 heavy (non-hydrogen) atoms. The van der Waals surface area contributed by atoms with Crippen LogP contribution in [-0.4, -0.2) is 45.5 Å². The number of halogens is 2. The van der Waals surface area contributed by atoms with Gasteiger partial charge < -0.3 is 9.47 Å². The van der Waals surface area contributed by atoms with Gasteiger partial charge in [0.25, 0.3) is 11.8 Å². The minimum atomic E-state index is -0.660. The molecule has 2 saturated heterocycles. The van der Waals surface area contributed by atoms with Crippen LogP contribution in [0.4, 0.5) is 8.78 Å². The highest BCUT2D eigenvalue weighted by Crippen LogP contribution is 2.34. The summed E-state index contributed by atoms with van der Waals surface area (Å²) < 4.78 is 47.2. The number of aromatic nitrogens is 2. The predicted octanol–water partition coefficient (Wildman–Crippen LogP) is 3.35. The highest BCUT2D eigenvalue weighted by Gasteiger charge is 2.40. The van der Waals surface area contributed by atoms with Crippen molar-refractivity contribution in [2.24, 2.45) is 11.8 Å². The van der Waals surface area contributed by atoms with Gasteiger partial charge in [-0.2, -0.15) is 0 Å². The van der Waals surface area contributed by atoms with Crippen molar-refractivity contribution < 1.29 is 18.3 Å². The van der Waals surface area contributed by atoms with Gasteiger partial charge in [0, 0.05) is 36.6 Å². The first-order valence-electron chi connectivity index (χ1n) is 9.34. The number of hydrogen-bond acceptors (Lipinski definition) is 6. The van der Waals surface area contributed by atoms with Crippen LogP contribution in [0.1, 0.15) is 25.8 Å². The third-order valence-electron chi connectivity index (χ3n) is 5.03. The summed E-state index contributed by atoms with van der Waals surface area (Å²) in [6.45, 7) is 7.02. The number of nitrogens with zero attached hydrogens (tertiary/aromatic N) is 3. The van der Waals surface area contributed by atoms with E-state index in [1.54, 1.807) is 0 Å². The molecule has 4 rings (SSSR count). The third kappa shape index (κ3) is 4.26. The maximum atomic E-state index is 13.4. The Labute approximate surface area is 167 Å². The topological polar surface area (TPSA) is 47.5 Å². The molecule has 8 heteroatoms. The van der Waals surface area contributed by atoms with Gasteiger partial charge in [0.1, 0.15) is 17.7 Å². The summed E-state index contributed by atoms with van der Waals surface area (Å²) in [5, 5.41) is 0. The van der Waals surface area contributed by atoms with Crippen molar-refractivity contribution in [1.82, 2.24) is 13.6 Å². The average molecular weight is 405 g/mol. The van der Waals surface area contributed by atoms with E-state index in [1.165, 1.54) is 12.1 Å². The van der Waals surface area contributed by atoms with Crippen molar-refractivity contribution in [3.05, 3.63) is 35.4 Å². The van der Waals surface area contributed by atoms with E-state index in [0.29, 0.717) is 17.7 Å². The van der Waals surface area contributed by atoms with E-state index < -0.39 is 17.7 Å². The zero-order valence-corrected chi connectivity index (χ0v) is 16.5. The van der Waals surface area contributed by atoms with Crippen LogP contribution in [0.25, 0.3) is 0 Å². The summed E-state index contributed by atoms with van der Waals surface area (Å²) in [7, 11) is 0. The van der Waals surface area contributed by atoms with Crippen LogP contribution in [0.15, 0.2) is 18.2 Å². The molecule has 0 amide bonds. The highest BCUT2D eigenvalue weighted by atomic mass is 32.1. The van der Waals surface area contributed by atoms with Crippen LogP contribution in [0.3, 0.4) is 0 Å². The lowest BCUT2D eigenvalue weighted by Gasteiger charge is -2.23.